The lowest BCUT2D eigenvalue weighted by Crippen LogP contribution is -2.50. The molecule has 1 fully saturated rings. The number of aryl methyl sites for hydroxylation is 1. The van der Waals surface area contributed by atoms with Gasteiger partial charge in [-0.15, -0.1) is 0 Å². The number of nitrogens with one attached hydrogen (secondary N) is 2. The lowest BCUT2D eigenvalue weighted by atomic mass is 9.94. The van der Waals surface area contributed by atoms with Gasteiger partial charge in [0.05, 0.1) is 29.5 Å². The Morgan fingerprint density at radius 2 is 2.11 bits per heavy atom. The summed E-state index contributed by atoms with van der Waals surface area (Å²) in [4.78, 5) is 24.6. The summed E-state index contributed by atoms with van der Waals surface area (Å²) >= 11 is 0. The molecule has 0 aliphatic carbocycles. The maximum Gasteiger partial charge on any atom is 0.280 e. The van der Waals surface area contributed by atoms with E-state index in [1.165, 1.54) is 7.05 Å². The first-order chi connectivity index (χ1) is 12.8. The molecular weight excluding hydrogens is 358 g/mol. The van der Waals surface area contributed by atoms with Gasteiger partial charge in [-0.3, -0.25) is 19.0 Å². The topological polar surface area (TPSA) is 93.8 Å². The fourth-order valence-electron chi connectivity index (χ4n) is 3.36. The number of halogens is 2. The van der Waals surface area contributed by atoms with Crippen molar-refractivity contribution in [2.75, 3.05) is 0 Å². The molecular formula is C17H22F2N6O2. The molecule has 2 aromatic rings. The van der Waals surface area contributed by atoms with Gasteiger partial charge < -0.3 is 10.6 Å². The Bertz CT molecular complexity index is 844. The zero-order valence-corrected chi connectivity index (χ0v) is 15.3. The van der Waals surface area contributed by atoms with E-state index in [1.807, 2.05) is 13.8 Å². The van der Waals surface area contributed by atoms with Gasteiger partial charge in [0.1, 0.15) is 5.69 Å². The lowest BCUT2D eigenvalue weighted by Gasteiger charge is -2.33. The van der Waals surface area contributed by atoms with E-state index >= 15 is 0 Å². The molecule has 1 saturated heterocycles. The highest BCUT2D eigenvalue weighted by molar-refractivity contribution is 5.95. The van der Waals surface area contributed by atoms with E-state index in [1.54, 1.807) is 16.9 Å². The molecule has 0 radical (unpaired) electrons. The third kappa shape index (κ3) is 3.69. The van der Waals surface area contributed by atoms with Crippen molar-refractivity contribution in [1.82, 2.24) is 30.2 Å². The molecule has 27 heavy (non-hydrogen) atoms. The predicted molar refractivity (Wildman–Crippen MR) is 92.1 cm³/mol. The number of hydrogen-bond donors (Lipinski definition) is 2. The second-order valence-electron chi connectivity index (χ2n) is 6.83. The van der Waals surface area contributed by atoms with E-state index in [-0.39, 0.29) is 23.9 Å². The van der Waals surface area contributed by atoms with E-state index in [2.05, 4.69) is 20.8 Å². The van der Waals surface area contributed by atoms with Crippen molar-refractivity contribution in [2.24, 2.45) is 7.05 Å². The van der Waals surface area contributed by atoms with Crippen LogP contribution in [0.1, 0.15) is 66.9 Å². The third-order valence-corrected chi connectivity index (χ3v) is 4.66. The molecule has 8 nitrogen and oxygen atoms in total. The second kappa shape index (κ2) is 7.45. The molecule has 10 heteroatoms. The number of piperidine rings is 1. The van der Waals surface area contributed by atoms with E-state index < -0.39 is 30.1 Å². The number of hydrogen-bond acceptors (Lipinski definition) is 4. The average Bonchev–Trinajstić information content (AvgIpc) is 3.23. The van der Waals surface area contributed by atoms with Gasteiger partial charge in [0.2, 0.25) is 5.91 Å². The molecule has 146 valence electrons. The first kappa shape index (κ1) is 19.0. The van der Waals surface area contributed by atoms with Crippen LogP contribution in [0.3, 0.4) is 0 Å². The molecule has 0 spiro atoms. The number of alkyl halides is 2. The van der Waals surface area contributed by atoms with Gasteiger partial charge in [-0.05, 0) is 26.3 Å². The third-order valence-electron chi connectivity index (χ3n) is 4.66. The molecule has 0 saturated carbocycles. The van der Waals surface area contributed by atoms with Crippen LogP contribution in [-0.2, 0) is 11.8 Å². The van der Waals surface area contributed by atoms with Crippen LogP contribution in [-0.4, -0.2) is 37.4 Å². The number of carbonyl (C=O) groups excluding carboxylic acids is 2. The van der Waals surface area contributed by atoms with Crippen LogP contribution < -0.4 is 10.6 Å². The molecule has 0 bridgehead atoms. The Hall–Kier alpha value is -2.78. The van der Waals surface area contributed by atoms with Crippen molar-refractivity contribution in [3.63, 3.8) is 0 Å². The number of aromatic nitrogens is 4. The van der Waals surface area contributed by atoms with Crippen LogP contribution in [0.5, 0.6) is 0 Å². The Balaban J connectivity index is 1.87. The highest BCUT2D eigenvalue weighted by atomic mass is 19.3. The van der Waals surface area contributed by atoms with E-state index in [0.717, 1.165) is 16.6 Å². The van der Waals surface area contributed by atoms with E-state index in [4.69, 9.17) is 0 Å². The largest absolute Gasteiger partial charge is 0.347 e. The van der Waals surface area contributed by atoms with Crippen LogP contribution >= 0.6 is 0 Å². The maximum atomic E-state index is 13.2. The monoisotopic (exact) mass is 380 g/mol. The molecule has 1 aliphatic heterocycles. The minimum absolute atomic E-state index is 0.0638. The van der Waals surface area contributed by atoms with Gasteiger partial charge in [-0.2, -0.15) is 10.2 Å². The van der Waals surface area contributed by atoms with Crippen LogP contribution in [0.25, 0.3) is 0 Å². The minimum Gasteiger partial charge on any atom is -0.347 e. The normalized spacial score (nSPS) is 20.2. The number of carbonyl (C=O) groups is 2. The van der Waals surface area contributed by atoms with Crippen molar-refractivity contribution in [3.8, 4) is 0 Å². The number of nitrogens with zero attached hydrogens (tertiary/aromatic N) is 4. The average molecular weight is 380 g/mol. The summed E-state index contributed by atoms with van der Waals surface area (Å²) in [5, 5.41) is 13.7. The Morgan fingerprint density at radius 3 is 2.78 bits per heavy atom. The smallest absolute Gasteiger partial charge is 0.280 e. The fourth-order valence-corrected chi connectivity index (χ4v) is 3.36. The Labute approximate surface area is 154 Å². The standard InChI is InChI=1S/C17H22F2N6O2/c1-9(2)25-12(6-7-20-25)14-11(4-5-13(26)23-14)22-17(27)10-8-21-24(3)15(10)16(18)19/h6-9,11,14,16H,4-5H2,1-3H3,(H,22,27)(H,23,26)/t11-,14-/m1/s1. The van der Waals surface area contributed by atoms with Gasteiger partial charge in [0.15, 0.2) is 0 Å². The maximum absolute atomic E-state index is 13.2. The van der Waals surface area contributed by atoms with Gasteiger partial charge in [-0.1, -0.05) is 0 Å². The van der Waals surface area contributed by atoms with Crippen LogP contribution in [0.15, 0.2) is 18.5 Å². The van der Waals surface area contributed by atoms with Gasteiger partial charge in [-0.25, -0.2) is 8.78 Å². The quantitative estimate of drug-likeness (QED) is 0.828. The van der Waals surface area contributed by atoms with Crippen LogP contribution in [0.4, 0.5) is 8.78 Å². The van der Waals surface area contributed by atoms with Gasteiger partial charge in [0, 0.05) is 25.7 Å². The van der Waals surface area contributed by atoms with Crippen molar-refractivity contribution in [1.29, 1.82) is 0 Å². The minimum atomic E-state index is -2.82. The van der Waals surface area contributed by atoms with Crippen LogP contribution in [0, 0.1) is 0 Å². The number of amides is 2. The lowest BCUT2D eigenvalue weighted by molar-refractivity contribution is -0.124. The zero-order valence-electron chi connectivity index (χ0n) is 15.3. The molecule has 2 N–H and O–H groups in total. The van der Waals surface area contributed by atoms with Gasteiger partial charge in [0.25, 0.3) is 12.3 Å². The summed E-state index contributed by atoms with van der Waals surface area (Å²) in [5.74, 6) is -0.767. The molecule has 3 heterocycles. The van der Waals surface area contributed by atoms with E-state index in [0.29, 0.717) is 6.42 Å². The van der Waals surface area contributed by atoms with Crippen LogP contribution in [0.2, 0.25) is 0 Å². The van der Waals surface area contributed by atoms with E-state index in [9.17, 15) is 18.4 Å². The molecule has 3 rings (SSSR count). The summed E-state index contributed by atoms with van der Waals surface area (Å²) in [6, 6.07) is 0.903. The highest BCUT2D eigenvalue weighted by Gasteiger charge is 2.34. The predicted octanol–water partition coefficient (Wildman–Crippen LogP) is 1.88. The second-order valence-corrected chi connectivity index (χ2v) is 6.83. The molecule has 1 aliphatic rings. The van der Waals surface area contributed by atoms with Crippen molar-refractivity contribution >= 4 is 11.8 Å². The summed E-state index contributed by atoms with van der Waals surface area (Å²) in [7, 11) is 1.36. The van der Waals surface area contributed by atoms with Crippen molar-refractivity contribution < 1.29 is 18.4 Å². The molecule has 2 amide bonds. The molecule has 0 aromatic carbocycles. The fraction of sp³-hybridized carbons (Fsp3) is 0.529. The van der Waals surface area contributed by atoms with Crippen molar-refractivity contribution in [3.05, 3.63) is 35.4 Å². The number of rotatable bonds is 5. The van der Waals surface area contributed by atoms with Crippen molar-refractivity contribution in [2.45, 2.75) is 51.2 Å². The molecule has 2 atom stereocenters. The summed E-state index contributed by atoms with van der Waals surface area (Å²) in [6.45, 7) is 3.92. The highest BCUT2D eigenvalue weighted by Crippen LogP contribution is 2.27. The summed E-state index contributed by atoms with van der Waals surface area (Å²) in [5.41, 5.74) is 0.153. The Kier molecular flexibility index (Phi) is 5.24. The summed E-state index contributed by atoms with van der Waals surface area (Å²) < 4.78 is 29.2. The van der Waals surface area contributed by atoms with Gasteiger partial charge >= 0.3 is 0 Å². The summed E-state index contributed by atoms with van der Waals surface area (Å²) in [6.07, 6.45) is 0.584. The first-order valence-electron chi connectivity index (χ1n) is 8.73. The molecule has 0 unspecified atom stereocenters. The SMILES string of the molecule is CC(C)n1nccc1[C@@H]1NC(=O)CC[C@H]1NC(=O)c1cnn(C)c1C(F)F. The zero-order chi connectivity index (χ0) is 19.7. The first-order valence-corrected chi connectivity index (χ1v) is 8.73. The molecule has 2 aromatic heterocycles. The Morgan fingerprint density at radius 1 is 1.37 bits per heavy atom.